The van der Waals surface area contributed by atoms with E-state index in [1.54, 1.807) is 19.1 Å². The number of aryl methyl sites for hydroxylation is 1. The molecular formula is C14H12FN3O3S. The van der Waals surface area contributed by atoms with Crippen LogP contribution in [0.3, 0.4) is 0 Å². The van der Waals surface area contributed by atoms with Crippen LogP contribution in [-0.2, 0) is 14.3 Å². The third-order valence-electron chi connectivity index (χ3n) is 2.65. The van der Waals surface area contributed by atoms with Crippen molar-refractivity contribution in [3.8, 4) is 0 Å². The molecule has 22 heavy (non-hydrogen) atoms. The van der Waals surface area contributed by atoms with Crippen LogP contribution in [0.2, 0.25) is 0 Å². The summed E-state index contributed by atoms with van der Waals surface area (Å²) < 4.78 is 17.8. The molecule has 1 fully saturated rings. The highest BCUT2D eigenvalue weighted by Gasteiger charge is 2.24. The third kappa shape index (κ3) is 4.01. The number of hydrogen-bond donors (Lipinski definition) is 1. The summed E-state index contributed by atoms with van der Waals surface area (Å²) in [5.74, 6) is -1.41. The summed E-state index contributed by atoms with van der Waals surface area (Å²) in [5, 5.41) is 10.3. The Kier molecular flexibility index (Phi) is 5.05. The molecule has 1 aromatic rings. The Morgan fingerprint density at radius 3 is 2.91 bits per heavy atom. The molecule has 1 N–H and O–H groups in total. The Bertz CT molecular complexity index is 713. The first-order valence-electron chi connectivity index (χ1n) is 6.15. The average molecular weight is 321 g/mol. The van der Waals surface area contributed by atoms with Crippen LogP contribution in [0.25, 0.3) is 0 Å². The lowest BCUT2D eigenvalue weighted by Crippen LogP contribution is -2.19. The Morgan fingerprint density at radius 1 is 1.45 bits per heavy atom. The van der Waals surface area contributed by atoms with Gasteiger partial charge in [-0.2, -0.15) is 5.10 Å². The fourth-order valence-electron chi connectivity index (χ4n) is 1.48. The van der Waals surface area contributed by atoms with Gasteiger partial charge in [-0.1, -0.05) is 12.1 Å². The molecule has 1 aliphatic heterocycles. The number of halogens is 1. The van der Waals surface area contributed by atoms with E-state index in [-0.39, 0.29) is 15.9 Å². The topological polar surface area (TPSA) is 80.1 Å². The van der Waals surface area contributed by atoms with Crippen molar-refractivity contribution in [2.45, 2.75) is 6.92 Å². The van der Waals surface area contributed by atoms with Crippen LogP contribution in [0, 0.1) is 12.7 Å². The molecule has 0 unspecified atom stereocenters. The first-order valence-corrected chi connectivity index (χ1v) is 6.97. The van der Waals surface area contributed by atoms with E-state index in [2.05, 4.69) is 20.3 Å². The van der Waals surface area contributed by atoms with Gasteiger partial charge in [-0.15, -0.1) is 5.10 Å². The summed E-state index contributed by atoms with van der Waals surface area (Å²) in [4.78, 5) is 22.8. The van der Waals surface area contributed by atoms with Gasteiger partial charge in [0.25, 0.3) is 5.91 Å². The lowest BCUT2D eigenvalue weighted by molar-refractivity contribution is -0.135. The van der Waals surface area contributed by atoms with E-state index in [4.69, 9.17) is 0 Å². The van der Waals surface area contributed by atoms with Crippen LogP contribution >= 0.6 is 11.8 Å². The highest BCUT2D eigenvalue weighted by Crippen LogP contribution is 2.23. The first-order chi connectivity index (χ1) is 10.5. The molecule has 114 valence electrons. The van der Waals surface area contributed by atoms with Crippen molar-refractivity contribution in [2.75, 3.05) is 7.11 Å². The van der Waals surface area contributed by atoms with Crippen molar-refractivity contribution >= 4 is 35.0 Å². The van der Waals surface area contributed by atoms with Gasteiger partial charge in [-0.3, -0.25) is 10.1 Å². The molecule has 0 aromatic heterocycles. The number of methoxy groups -OCH3 is 1. The highest BCUT2D eigenvalue weighted by atomic mass is 32.2. The lowest BCUT2D eigenvalue weighted by Gasteiger charge is -1.96. The van der Waals surface area contributed by atoms with Gasteiger partial charge in [-0.25, -0.2) is 9.18 Å². The zero-order valence-electron chi connectivity index (χ0n) is 11.8. The molecule has 1 aliphatic rings. The lowest BCUT2D eigenvalue weighted by atomic mass is 10.1. The maximum absolute atomic E-state index is 13.4. The van der Waals surface area contributed by atoms with E-state index >= 15 is 0 Å². The molecule has 0 spiro atoms. The summed E-state index contributed by atoms with van der Waals surface area (Å²) in [6, 6.07) is 4.67. The smallest absolute Gasteiger partial charge is 0.331 e. The number of benzene rings is 1. The van der Waals surface area contributed by atoms with Gasteiger partial charge in [-0.05, 0) is 35.9 Å². The van der Waals surface area contributed by atoms with E-state index in [1.165, 1.54) is 19.4 Å². The third-order valence-corrected chi connectivity index (χ3v) is 3.55. The Morgan fingerprint density at radius 2 is 2.23 bits per heavy atom. The summed E-state index contributed by atoms with van der Waals surface area (Å²) in [6.45, 7) is 1.66. The number of hydrogen-bond acceptors (Lipinski definition) is 6. The van der Waals surface area contributed by atoms with Gasteiger partial charge in [0, 0.05) is 6.08 Å². The monoisotopic (exact) mass is 321 g/mol. The number of amides is 1. The number of carbonyl (C=O) groups is 2. The Balaban J connectivity index is 2.06. The number of nitrogens with zero attached hydrogens (tertiary/aromatic N) is 2. The Hall–Kier alpha value is -2.48. The zero-order valence-corrected chi connectivity index (χ0v) is 12.6. The Labute approximate surface area is 130 Å². The molecule has 1 aromatic carbocycles. The van der Waals surface area contributed by atoms with E-state index in [1.807, 2.05) is 0 Å². The number of nitrogens with one attached hydrogen (secondary N) is 1. The maximum atomic E-state index is 13.4. The van der Waals surface area contributed by atoms with Crippen LogP contribution in [0.5, 0.6) is 0 Å². The van der Waals surface area contributed by atoms with Gasteiger partial charge in [0.15, 0.2) is 5.17 Å². The molecule has 1 saturated heterocycles. The first kappa shape index (κ1) is 15.9. The minimum atomic E-state index is -0.627. The van der Waals surface area contributed by atoms with Gasteiger partial charge in [0.05, 0.1) is 18.2 Å². The molecule has 8 heteroatoms. The minimum Gasteiger partial charge on any atom is -0.466 e. The maximum Gasteiger partial charge on any atom is 0.331 e. The molecule has 1 heterocycles. The molecular weight excluding hydrogens is 309 g/mol. The molecule has 0 saturated carbocycles. The van der Waals surface area contributed by atoms with Crippen LogP contribution in [0.1, 0.15) is 11.1 Å². The van der Waals surface area contributed by atoms with Crippen LogP contribution in [-0.4, -0.2) is 30.4 Å². The van der Waals surface area contributed by atoms with Crippen molar-refractivity contribution < 1.29 is 18.7 Å². The van der Waals surface area contributed by atoms with Crippen LogP contribution in [0.15, 0.2) is 39.4 Å². The molecule has 0 radical (unpaired) electrons. The number of esters is 1. The van der Waals surface area contributed by atoms with Gasteiger partial charge in [0.1, 0.15) is 5.82 Å². The second-order valence-corrected chi connectivity index (χ2v) is 5.28. The normalized spacial score (nSPS) is 18.2. The summed E-state index contributed by atoms with van der Waals surface area (Å²) in [6.07, 6.45) is 2.44. The van der Waals surface area contributed by atoms with E-state index in [0.29, 0.717) is 11.1 Å². The molecule has 0 bridgehead atoms. The molecule has 6 nitrogen and oxygen atoms in total. The van der Waals surface area contributed by atoms with Crippen molar-refractivity contribution in [1.82, 2.24) is 5.32 Å². The fraction of sp³-hybridized carbons (Fsp3) is 0.143. The predicted octanol–water partition coefficient (Wildman–Crippen LogP) is 1.74. The van der Waals surface area contributed by atoms with Crippen molar-refractivity contribution in [2.24, 2.45) is 10.2 Å². The van der Waals surface area contributed by atoms with E-state index in [0.717, 1.165) is 17.8 Å². The average Bonchev–Trinajstić information content (AvgIpc) is 2.83. The number of rotatable bonds is 3. The van der Waals surface area contributed by atoms with Crippen LogP contribution < -0.4 is 5.32 Å². The van der Waals surface area contributed by atoms with Gasteiger partial charge < -0.3 is 4.74 Å². The van der Waals surface area contributed by atoms with Crippen molar-refractivity contribution in [1.29, 1.82) is 0 Å². The van der Waals surface area contributed by atoms with Gasteiger partial charge in [0.2, 0.25) is 0 Å². The highest BCUT2D eigenvalue weighted by molar-refractivity contribution is 8.18. The van der Waals surface area contributed by atoms with E-state index in [9.17, 15) is 14.0 Å². The van der Waals surface area contributed by atoms with Crippen molar-refractivity contribution in [3.05, 3.63) is 46.1 Å². The van der Waals surface area contributed by atoms with Crippen LogP contribution in [0.4, 0.5) is 4.39 Å². The summed E-state index contributed by atoms with van der Waals surface area (Å²) in [5.41, 5.74) is 1.09. The second kappa shape index (κ2) is 6.99. The van der Waals surface area contributed by atoms with Crippen molar-refractivity contribution in [3.63, 3.8) is 0 Å². The number of amidine groups is 1. The summed E-state index contributed by atoms with van der Waals surface area (Å²) in [7, 11) is 1.22. The van der Waals surface area contributed by atoms with E-state index < -0.39 is 11.9 Å². The SMILES string of the molecule is COC(=O)/C=C1/S/C(=N\N=Cc2ccc(C)c(F)c2)NC1=O. The molecule has 2 rings (SSSR count). The largest absolute Gasteiger partial charge is 0.466 e. The minimum absolute atomic E-state index is 0.169. The fourth-order valence-corrected chi connectivity index (χ4v) is 2.22. The summed E-state index contributed by atoms with van der Waals surface area (Å²) >= 11 is 0.965. The zero-order chi connectivity index (χ0) is 16.1. The quantitative estimate of drug-likeness (QED) is 0.398. The molecule has 1 amide bonds. The molecule has 0 aliphatic carbocycles. The number of thioether (sulfide) groups is 1. The molecule has 0 atom stereocenters. The predicted molar refractivity (Wildman–Crippen MR) is 82.0 cm³/mol. The number of ether oxygens (including phenoxy) is 1. The van der Waals surface area contributed by atoms with Gasteiger partial charge >= 0.3 is 5.97 Å². The standard InChI is InChI=1S/C14H12FN3O3S/c1-8-3-4-9(5-10(8)15)7-16-18-14-17-13(20)11(22-14)6-12(19)21-2/h3-7H,1-2H3,(H,17,18,20)/b11-6+,16-7?. The second-order valence-electron chi connectivity index (χ2n) is 4.25. The number of carbonyl (C=O) groups excluding carboxylic acids is 2.